The molecule has 0 amide bonds. The smallest absolute Gasteiger partial charge is 0.178 e. The van der Waals surface area contributed by atoms with E-state index in [9.17, 15) is 9.90 Å². The molecular weight excluding hydrogens is 424 g/mol. The van der Waals surface area contributed by atoms with Crippen LogP contribution in [0.5, 0.6) is 5.75 Å². The molecule has 0 fully saturated rings. The van der Waals surface area contributed by atoms with Crippen molar-refractivity contribution in [3.8, 4) is 5.75 Å². The fraction of sp³-hybridized carbons (Fsp3) is 0.367. The third kappa shape index (κ3) is 8.08. The minimum Gasteiger partial charge on any atom is -0.508 e. The highest BCUT2D eigenvalue weighted by Gasteiger charge is 2.20. The molecule has 0 heterocycles. The predicted molar refractivity (Wildman–Crippen MR) is 147 cm³/mol. The van der Waals surface area contributed by atoms with Crippen molar-refractivity contribution in [3.05, 3.63) is 94.1 Å². The molecule has 0 spiro atoms. The second kappa shape index (κ2) is 13.3. The Balaban J connectivity index is 0.00000129. The van der Waals surface area contributed by atoms with Crippen molar-refractivity contribution >= 4 is 23.1 Å². The second-order valence-electron chi connectivity index (χ2n) is 8.41. The molecule has 1 N–H and O–H groups in total. The molecule has 0 saturated heterocycles. The molecule has 2 aromatic carbocycles. The van der Waals surface area contributed by atoms with Crippen molar-refractivity contribution in [2.24, 2.45) is 0 Å². The molecular formula is C30H40O2S. The summed E-state index contributed by atoms with van der Waals surface area (Å²) in [5, 5.41) is 9.93. The van der Waals surface area contributed by atoms with Gasteiger partial charge in [0.15, 0.2) is 5.78 Å². The number of rotatable bonds is 4. The monoisotopic (exact) mass is 464 g/mol. The average molecular weight is 465 g/mol. The van der Waals surface area contributed by atoms with Gasteiger partial charge < -0.3 is 5.11 Å². The summed E-state index contributed by atoms with van der Waals surface area (Å²) in [7, 11) is 0. The van der Waals surface area contributed by atoms with Gasteiger partial charge in [-0.3, -0.25) is 4.79 Å². The van der Waals surface area contributed by atoms with Crippen molar-refractivity contribution < 1.29 is 9.90 Å². The minimum absolute atomic E-state index is 0.0181. The van der Waals surface area contributed by atoms with Gasteiger partial charge >= 0.3 is 0 Å². The van der Waals surface area contributed by atoms with Gasteiger partial charge in [0.1, 0.15) is 5.75 Å². The van der Waals surface area contributed by atoms with Gasteiger partial charge in [-0.25, -0.2) is 0 Å². The topological polar surface area (TPSA) is 37.3 Å². The SMILES string of the molecule is CC.CC.CC1=CC(=O)C=C/C1=C(/c1ccc(O)cc1C)c1ccccc1CSC(C)(C)C. The quantitative estimate of drug-likeness (QED) is 0.492. The van der Waals surface area contributed by atoms with E-state index in [-0.39, 0.29) is 16.3 Å². The van der Waals surface area contributed by atoms with Crippen LogP contribution in [0.2, 0.25) is 0 Å². The van der Waals surface area contributed by atoms with E-state index in [1.165, 1.54) is 11.1 Å². The van der Waals surface area contributed by atoms with Gasteiger partial charge in [-0.2, -0.15) is 11.8 Å². The van der Waals surface area contributed by atoms with E-state index >= 15 is 0 Å². The maximum absolute atomic E-state index is 11.9. The Hall–Kier alpha value is -2.52. The number of phenols is 1. The highest BCUT2D eigenvalue weighted by Crippen LogP contribution is 2.38. The fourth-order valence-electron chi connectivity index (χ4n) is 3.46. The van der Waals surface area contributed by atoms with E-state index in [4.69, 9.17) is 0 Å². The molecule has 2 nitrogen and oxygen atoms in total. The van der Waals surface area contributed by atoms with Gasteiger partial charge in [-0.15, -0.1) is 0 Å². The molecule has 2 aromatic rings. The largest absolute Gasteiger partial charge is 0.508 e. The van der Waals surface area contributed by atoms with E-state index in [0.717, 1.165) is 33.6 Å². The van der Waals surface area contributed by atoms with Crippen LogP contribution in [0, 0.1) is 6.92 Å². The number of aryl methyl sites for hydroxylation is 1. The molecule has 1 aliphatic carbocycles. The van der Waals surface area contributed by atoms with Crippen LogP contribution in [-0.4, -0.2) is 15.6 Å². The van der Waals surface area contributed by atoms with Crippen molar-refractivity contribution in [2.45, 2.75) is 72.8 Å². The molecule has 3 heteroatoms. The molecule has 178 valence electrons. The summed E-state index contributed by atoms with van der Waals surface area (Å²) in [6.45, 7) is 18.7. The maximum atomic E-state index is 11.9. The summed E-state index contributed by atoms with van der Waals surface area (Å²) >= 11 is 1.92. The lowest BCUT2D eigenvalue weighted by Gasteiger charge is -2.23. The Bertz CT molecular complexity index is 1030. The lowest BCUT2D eigenvalue weighted by Crippen LogP contribution is -2.09. The number of aromatic hydroxyl groups is 1. The number of hydrogen-bond donors (Lipinski definition) is 1. The van der Waals surface area contributed by atoms with Crippen LogP contribution in [0.4, 0.5) is 0 Å². The van der Waals surface area contributed by atoms with Crippen LogP contribution in [0.1, 0.15) is 77.6 Å². The Morgan fingerprint density at radius 1 is 0.909 bits per heavy atom. The van der Waals surface area contributed by atoms with Crippen LogP contribution in [0.3, 0.4) is 0 Å². The second-order valence-corrected chi connectivity index (χ2v) is 10.2. The van der Waals surface area contributed by atoms with Crippen LogP contribution in [-0.2, 0) is 10.5 Å². The molecule has 0 radical (unpaired) electrons. The Labute approximate surface area is 205 Å². The zero-order valence-electron chi connectivity index (χ0n) is 21.7. The van der Waals surface area contributed by atoms with E-state index in [0.29, 0.717) is 0 Å². The highest BCUT2D eigenvalue weighted by atomic mass is 32.2. The number of phenolic OH excluding ortho intramolecular Hbond substituents is 1. The number of carbonyl (C=O) groups excluding carboxylic acids is 1. The van der Waals surface area contributed by atoms with E-state index in [1.54, 1.807) is 24.3 Å². The number of ketones is 1. The van der Waals surface area contributed by atoms with E-state index in [2.05, 4.69) is 45.0 Å². The Morgan fingerprint density at radius 2 is 1.55 bits per heavy atom. The maximum Gasteiger partial charge on any atom is 0.178 e. The Morgan fingerprint density at radius 3 is 2.12 bits per heavy atom. The molecule has 3 rings (SSSR count). The summed E-state index contributed by atoms with van der Waals surface area (Å²) in [4.78, 5) is 11.9. The average Bonchev–Trinajstić information content (AvgIpc) is 2.78. The van der Waals surface area contributed by atoms with Crippen LogP contribution in [0.25, 0.3) is 5.57 Å². The van der Waals surface area contributed by atoms with Crippen molar-refractivity contribution in [3.63, 3.8) is 0 Å². The normalized spacial score (nSPS) is 14.5. The third-order valence-electron chi connectivity index (χ3n) is 4.89. The van der Waals surface area contributed by atoms with Gasteiger partial charge in [0, 0.05) is 10.5 Å². The number of thioether (sulfide) groups is 1. The van der Waals surface area contributed by atoms with Crippen molar-refractivity contribution in [1.82, 2.24) is 0 Å². The van der Waals surface area contributed by atoms with Gasteiger partial charge in [0.25, 0.3) is 0 Å². The first-order valence-corrected chi connectivity index (χ1v) is 12.8. The predicted octanol–water partition coefficient (Wildman–Crippen LogP) is 8.67. The van der Waals surface area contributed by atoms with Crippen molar-refractivity contribution in [1.29, 1.82) is 0 Å². The van der Waals surface area contributed by atoms with Crippen molar-refractivity contribution in [2.75, 3.05) is 0 Å². The van der Waals surface area contributed by atoms with E-state index in [1.807, 2.05) is 65.4 Å². The molecule has 0 bridgehead atoms. The number of carbonyl (C=O) groups is 1. The lowest BCUT2D eigenvalue weighted by atomic mass is 9.84. The fourth-order valence-corrected chi connectivity index (χ4v) is 4.30. The first-order valence-electron chi connectivity index (χ1n) is 11.8. The molecule has 0 saturated carbocycles. The molecule has 1 aliphatic rings. The molecule has 0 unspecified atom stereocenters. The third-order valence-corrected chi connectivity index (χ3v) is 6.22. The number of allylic oxidation sites excluding steroid dienone is 5. The summed E-state index contributed by atoms with van der Waals surface area (Å²) in [5.74, 6) is 1.18. The van der Waals surface area contributed by atoms with Crippen LogP contribution in [0.15, 0.2) is 71.8 Å². The highest BCUT2D eigenvalue weighted by molar-refractivity contribution is 7.99. The first kappa shape index (κ1) is 28.5. The number of benzene rings is 2. The summed E-state index contributed by atoms with van der Waals surface area (Å²) in [6, 6.07) is 14.0. The van der Waals surface area contributed by atoms with Gasteiger partial charge in [0.05, 0.1) is 0 Å². The Kier molecular flexibility index (Phi) is 11.4. The van der Waals surface area contributed by atoms with Crippen LogP contribution < -0.4 is 0 Å². The zero-order chi connectivity index (χ0) is 25.2. The summed E-state index contributed by atoms with van der Waals surface area (Å²) in [5.41, 5.74) is 7.61. The van der Waals surface area contributed by atoms with Gasteiger partial charge in [0.2, 0.25) is 0 Å². The standard InChI is InChI=1S/C26H28O2S.2C2H6/c1-17-14-20(27)10-12-22(17)25(23-13-11-21(28)15-18(23)2)24-9-7-6-8-19(24)16-29-26(3,4)5;2*1-2/h6-15,27H,16H2,1-5H3;2*1-2H3/b25-23+;;. The lowest BCUT2D eigenvalue weighted by molar-refractivity contribution is -0.110. The van der Waals surface area contributed by atoms with Gasteiger partial charge in [-0.1, -0.05) is 84.9 Å². The van der Waals surface area contributed by atoms with Gasteiger partial charge in [-0.05, 0) is 77.1 Å². The van der Waals surface area contributed by atoms with Crippen LogP contribution >= 0.6 is 11.8 Å². The summed E-state index contributed by atoms with van der Waals surface area (Å²) in [6.07, 6.45) is 5.25. The molecule has 33 heavy (non-hydrogen) atoms. The zero-order valence-corrected chi connectivity index (χ0v) is 22.6. The molecule has 0 aliphatic heterocycles. The number of hydrogen-bond acceptors (Lipinski definition) is 3. The minimum atomic E-state index is 0.0181. The van der Waals surface area contributed by atoms with E-state index < -0.39 is 0 Å². The molecule has 0 aromatic heterocycles. The molecule has 0 atom stereocenters. The summed E-state index contributed by atoms with van der Waals surface area (Å²) < 4.78 is 0.169. The first-order chi connectivity index (χ1) is 15.7.